The van der Waals surface area contributed by atoms with Gasteiger partial charge in [0.05, 0.1) is 12.5 Å². The molecule has 0 fully saturated rings. The van der Waals surface area contributed by atoms with Gasteiger partial charge in [-0.15, -0.1) is 0 Å². The fourth-order valence-corrected chi connectivity index (χ4v) is 5.33. The molecule has 0 unspecified atom stereocenters. The zero-order valence-corrected chi connectivity index (χ0v) is 33.1. The summed E-state index contributed by atoms with van der Waals surface area (Å²) in [6, 6.07) is -7.35. The number of aliphatic carboxylic acids is 1. The molecule has 21 nitrogen and oxygen atoms in total. The van der Waals surface area contributed by atoms with Crippen LogP contribution in [0.1, 0.15) is 87.0 Å². The number of amides is 7. The molecule has 316 valence electrons. The van der Waals surface area contributed by atoms with Crippen LogP contribution in [0.5, 0.6) is 0 Å². The first-order chi connectivity index (χ1) is 25.4. The molecule has 0 heterocycles. The van der Waals surface area contributed by atoms with Gasteiger partial charge in [0.25, 0.3) is 5.91 Å². The van der Waals surface area contributed by atoms with Crippen molar-refractivity contribution < 1.29 is 54.3 Å². The van der Waals surface area contributed by atoms with Gasteiger partial charge in [-0.05, 0) is 63.3 Å². The summed E-state index contributed by atoms with van der Waals surface area (Å²) in [7, 11) is 0. The Morgan fingerprint density at radius 1 is 0.618 bits per heavy atom. The highest BCUT2D eigenvalue weighted by molar-refractivity contribution is 5.97. The van der Waals surface area contributed by atoms with E-state index in [0.29, 0.717) is 13.0 Å². The van der Waals surface area contributed by atoms with Crippen LogP contribution < -0.4 is 60.2 Å². The molecule has 55 heavy (non-hydrogen) atoms. The maximum atomic E-state index is 13.8. The number of nitrogens with one attached hydrogen (secondary N) is 7. The summed E-state index contributed by atoms with van der Waals surface area (Å²) < 4.78 is 0. The lowest BCUT2D eigenvalue weighted by Gasteiger charge is -2.29. The maximum Gasteiger partial charge on any atom is 0.322 e. The van der Waals surface area contributed by atoms with Crippen molar-refractivity contribution in [1.82, 2.24) is 37.2 Å². The van der Waals surface area contributed by atoms with Gasteiger partial charge in [0.1, 0.15) is 43.0 Å². The van der Waals surface area contributed by atoms with Crippen molar-refractivity contribution in [3.63, 3.8) is 0 Å². The third-order valence-corrected chi connectivity index (χ3v) is 8.00. The van der Waals surface area contributed by atoms with Crippen molar-refractivity contribution in [3.8, 4) is 0 Å². The number of primary amides is 1. The SMILES string of the molecule is CC(C)C[C@H](NC(=O)[C@H](CC(C)C)NC(=O)[C@H](CCCNC(N)N)NC(=O)[C@@H]([NH3+])CC(N)=O)C(=O)N[C@@H](CC(C)C)C(=O)N[C@H](C(=O)NCC(=O)O)[C@@H](C)O. The molecule has 18 N–H and O–H groups in total. The zero-order chi connectivity index (χ0) is 42.6. The second kappa shape index (κ2) is 25.6. The summed E-state index contributed by atoms with van der Waals surface area (Å²) in [5, 5.41) is 36.9. The minimum Gasteiger partial charge on any atom is -0.480 e. The smallest absolute Gasteiger partial charge is 0.322 e. The topological polar surface area (TPSA) is 367 Å². The van der Waals surface area contributed by atoms with Gasteiger partial charge in [-0.2, -0.15) is 0 Å². The van der Waals surface area contributed by atoms with Crippen molar-refractivity contribution in [2.24, 2.45) is 35.0 Å². The molecule has 21 heteroatoms. The number of aliphatic hydroxyl groups is 1. The van der Waals surface area contributed by atoms with E-state index in [4.69, 9.17) is 22.3 Å². The quantitative estimate of drug-likeness (QED) is 0.0275. The molecule has 0 saturated carbocycles. The van der Waals surface area contributed by atoms with E-state index in [1.165, 1.54) is 6.92 Å². The van der Waals surface area contributed by atoms with Gasteiger partial charge in [0.15, 0.2) is 6.04 Å². The summed E-state index contributed by atoms with van der Waals surface area (Å²) in [5.41, 5.74) is 19.9. The van der Waals surface area contributed by atoms with Crippen molar-refractivity contribution in [2.45, 2.75) is 136 Å². The molecule has 0 saturated heterocycles. The number of carboxylic acids is 1. The molecule has 7 atom stereocenters. The summed E-state index contributed by atoms with van der Waals surface area (Å²) in [4.78, 5) is 102. The molecule has 0 aromatic heterocycles. The predicted molar refractivity (Wildman–Crippen MR) is 200 cm³/mol. The van der Waals surface area contributed by atoms with Crippen molar-refractivity contribution in [1.29, 1.82) is 0 Å². The Labute approximate surface area is 322 Å². The first-order valence-electron chi connectivity index (χ1n) is 18.5. The lowest BCUT2D eigenvalue weighted by Crippen LogP contribution is -2.70. The first kappa shape index (κ1) is 50.6. The molecule has 0 aliphatic rings. The monoisotopic (exact) mass is 788 g/mol. The third kappa shape index (κ3) is 21.9. The highest BCUT2D eigenvalue weighted by atomic mass is 16.4. The molecule has 0 aliphatic carbocycles. The third-order valence-electron chi connectivity index (χ3n) is 8.00. The van der Waals surface area contributed by atoms with Gasteiger partial charge in [-0.1, -0.05) is 41.5 Å². The van der Waals surface area contributed by atoms with E-state index in [9.17, 15) is 43.5 Å². The van der Waals surface area contributed by atoms with Crippen LogP contribution in [0.25, 0.3) is 0 Å². The normalized spacial score (nSPS) is 15.3. The van der Waals surface area contributed by atoms with Gasteiger partial charge >= 0.3 is 5.97 Å². The molecule has 0 aromatic carbocycles. The van der Waals surface area contributed by atoms with Gasteiger partial charge in [0.2, 0.25) is 35.4 Å². The fraction of sp³-hybridized carbons (Fsp3) is 0.765. The highest BCUT2D eigenvalue weighted by Crippen LogP contribution is 2.12. The zero-order valence-electron chi connectivity index (χ0n) is 33.1. The van der Waals surface area contributed by atoms with Crippen molar-refractivity contribution in [2.75, 3.05) is 13.1 Å². The largest absolute Gasteiger partial charge is 0.480 e. The van der Waals surface area contributed by atoms with Gasteiger partial charge in [-0.25, -0.2) is 0 Å². The van der Waals surface area contributed by atoms with Crippen LogP contribution in [0.4, 0.5) is 0 Å². The molecular weight excluding hydrogens is 722 g/mol. The fourth-order valence-electron chi connectivity index (χ4n) is 5.33. The summed E-state index contributed by atoms with van der Waals surface area (Å²) >= 11 is 0. The van der Waals surface area contributed by atoms with Gasteiger partial charge in [-0.3, -0.25) is 43.7 Å². The number of quaternary nitrogens is 1. The number of hydrogen-bond donors (Lipinski definition) is 13. The average molecular weight is 789 g/mol. The molecule has 0 aromatic rings. The van der Waals surface area contributed by atoms with Gasteiger partial charge < -0.3 is 65.0 Å². The van der Waals surface area contributed by atoms with E-state index in [0.717, 1.165) is 0 Å². The molecule has 0 aliphatic heterocycles. The van der Waals surface area contributed by atoms with Gasteiger partial charge in [0, 0.05) is 0 Å². The highest BCUT2D eigenvalue weighted by Gasteiger charge is 2.35. The minimum absolute atomic E-state index is 0.0887. The van der Waals surface area contributed by atoms with E-state index < -0.39 is 103 Å². The van der Waals surface area contributed by atoms with Crippen LogP contribution in [0.3, 0.4) is 0 Å². The van der Waals surface area contributed by atoms with Crippen LogP contribution in [0, 0.1) is 17.8 Å². The summed E-state index contributed by atoms with van der Waals surface area (Å²) in [6.45, 7) is 11.6. The second-order valence-electron chi connectivity index (χ2n) is 15.0. The van der Waals surface area contributed by atoms with Crippen LogP contribution in [0.15, 0.2) is 0 Å². The van der Waals surface area contributed by atoms with E-state index in [1.807, 2.05) is 27.7 Å². The maximum absolute atomic E-state index is 13.8. The molecule has 0 bridgehead atoms. The lowest BCUT2D eigenvalue weighted by molar-refractivity contribution is -0.402. The summed E-state index contributed by atoms with van der Waals surface area (Å²) in [5.74, 6) is -7.11. The standard InChI is InChI=1S/C34H65N11O10/c1-16(2)11-22(42-29(51)21(9-8-10-39-34(37)38)41-28(50)20(35)14-25(36)47)30(52)43-23(12-17(3)4)31(53)44-24(13-18(5)6)32(54)45-27(19(7)46)33(55)40-15-26(48)49/h16-24,27,34,39,46H,8-15,35,37-38H2,1-7H3,(H2,36,47)(H,40,55)(H,41,50)(H,42,51)(H,43,52)(H,44,53)(H,45,54)(H,48,49)/p+1/t19-,20+,21+,22+,23+,24+,27+/m1/s1. The molecule has 0 rings (SSSR count). The Morgan fingerprint density at radius 2 is 1.02 bits per heavy atom. The predicted octanol–water partition coefficient (Wildman–Crippen LogP) is -4.81. The number of hydrogen-bond acceptors (Lipinski definition) is 12. The average Bonchev–Trinajstić information content (AvgIpc) is 3.04. The summed E-state index contributed by atoms with van der Waals surface area (Å²) in [6.07, 6.45) is -1.81. The molecule has 0 spiro atoms. The Balaban J connectivity index is 6.27. The van der Waals surface area contributed by atoms with E-state index in [1.54, 1.807) is 13.8 Å². The van der Waals surface area contributed by atoms with Crippen molar-refractivity contribution >= 4 is 47.3 Å². The number of rotatable bonds is 27. The van der Waals surface area contributed by atoms with Crippen LogP contribution in [0.2, 0.25) is 0 Å². The van der Waals surface area contributed by atoms with Crippen LogP contribution in [-0.2, 0) is 38.4 Å². The molecular formula is C34H66N11O10+. The van der Waals surface area contributed by atoms with Crippen LogP contribution >= 0.6 is 0 Å². The number of carbonyl (C=O) groups excluding carboxylic acids is 7. The Kier molecular flexibility index (Phi) is 23.5. The number of carbonyl (C=O) groups is 8. The molecule has 7 amide bonds. The number of aliphatic hydroxyl groups excluding tert-OH is 1. The molecule has 0 radical (unpaired) electrons. The van der Waals surface area contributed by atoms with E-state index in [-0.39, 0.29) is 49.9 Å². The van der Waals surface area contributed by atoms with Crippen molar-refractivity contribution in [3.05, 3.63) is 0 Å². The Morgan fingerprint density at radius 3 is 1.38 bits per heavy atom. The van der Waals surface area contributed by atoms with E-state index in [2.05, 4.69) is 43.0 Å². The Hall–Kier alpha value is -4.44. The number of nitrogens with two attached hydrogens (primary N) is 3. The minimum atomic E-state index is -1.53. The first-order valence-corrected chi connectivity index (χ1v) is 18.5. The Bertz CT molecular complexity index is 1300. The van der Waals surface area contributed by atoms with E-state index >= 15 is 0 Å². The lowest BCUT2D eigenvalue weighted by atomic mass is 9.98. The second-order valence-corrected chi connectivity index (χ2v) is 15.0. The van der Waals surface area contributed by atoms with Crippen LogP contribution in [-0.4, -0.2) is 119 Å². The number of carboxylic acid groups (broad SMARTS) is 1.